The lowest BCUT2D eigenvalue weighted by Crippen LogP contribution is -2.05. The first-order valence-corrected chi connectivity index (χ1v) is 2.48. The molecule has 0 saturated carbocycles. The number of rotatable bonds is 1. The average molecular weight is 117 g/mol. The molecule has 8 heavy (non-hydrogen) atoms. The lowest BCUT2D eigenvalue weighted by atomic mass is 10.9. The van der Waals surface area contributed by atoms with Crippen LogP contribution in [0.2, 0.25) is 0 Å². The van der Waals surface area contributed by atoms with Gasteiger partial charge >= 0.3 is 6.08 Å². The molecular formula is C5H11NO2. The molecule has 0 bridgehead atoms. The second-order valence-corrected chi connectivity index (χ2v) is 1.13. The van der Waals surface area contributed by atoms with Crippen molar-refractivity contribution in [3.8, 4) is 0 Å². The van der Waals surface area contributed by atoms with Crippen LogP contribution in [0.4, 0.5) is 0 Å². The van der Waals surface area contributed by atoms with Crippen LogP contribution in [0.3, 0.4) is 0 Å². The van der Waals surface area contributed by atoms with Crippen molar-refractivity contribution < 1.29 is 9.47 Å². The molecule has 0 rings (SSSR count). The lowest BCUT2D eigenvalue weighted by molar-refractivity contribution is 0.207. The van der Waals surface area contributed by atoms with E-state index in [9.17, 15) is 0 Å². The first kappa shape index (κ1) is 7.27. The Labute approximate surface area is 49.3 Å². The first-order chi connectivity index (χ1) is 3.85. The molecule has 0 aliphatic rings. The third-order valence-corrected chi connectivity index (χ3v) is 0.625. The fourth-order valence-corrected chi connectivity index (χ4v) is 0.338. The van der Waals surface area contributed by atoms with Crippen LogP contribution in [0, 0.1) is 0 Å². The summed E-state index contributed by atoms with van der Waals surface area (Å²) in [6, 6.07) is 0. The van der Waals surface area contributed by atoms with Crippen LogP contribution in [0.25, 0.3) is 0 Å². The Hall–Kier alpha value is -0.730. The maximum Gasteiger partial charge on any atom is 0.382 e. The molecule has 0 unspecified atom stereocenters. The standard InChI is InChI=1S/C5H11NO2/c1-4-8-5(6-2)7-3/h4H2,1-3H3. The molecular weight excluding hydrogens is 106 g/mol. The van der Waals surface area contributed by atoms with E-state index in [0.717, 1.165) is 0 Å². The van der Waals surface area contributed by atoms with Gasteiger partial charge in [-0.05, 0) is 6.92 Å². The molecule has 3 heteroatoms. The summed E-state index contributed by atoms with van der Waals surface area (Å²) < 4.78 is 9.54. The zero-order chi connectivity index (χ0) is 6.41. The summed E-state index contributed by atoms with van der Waals surface area (Å²) in [7, 11) is 3.15. The van der Waals surface area contributed by atoms with Crippen LogP contribution in [0.15, 0.2) is 4.99 Å². The van der Waals surface area contributed by atoms with Gasteiger partial charge in [-0.15, -0.1) is 0 Å². The van der Waals surface area contributed by atoms with E-state index in [1.165, 1.54) is 7.11 Å². The molecule has 0 radical (unpaired) electrons. The highest BCUT2D eigenvalue weighted by Gasteiger charge is 1.90. The summed E-state index contributed by atoms with van der Waals surface area (Å²) in [6.07, 6.45) is 0.340. The number of hydrogen-bond donors (Lipinski definition) is 0. The van der Waals surface area contributed by atoms with Crippen LogP contribution in [0.5, 0.6) is 0 Å². The molecule has 0 amide bonds. The van der Waals surface area contributed by atoms with E-state index in [-0.39, 0.29) is 0 Å². The van der Waals surface area contributed by atoms with Gasteiger partial charge in [0, 0.05) is 7.05 Å². The van der Waals surface area contributed by atoms with E-state index in [0.29, 0.717) is 12.7 Å². The van der Waals surface area contributed by atoms with Crippen LogP contribution in [-0.4, -0.2) is 26.8 Å². The van der Waals surface area contributed by atoms with Crippen molar-refractivity contribution in [2.45, 2.75) is 6.92 Å². The lowest BCUT2D eigenvalue weighted by Gasteiger charge is -2.01. The molecule has 0 heterocycles. The van der Waals surface area contributed by atoms with Crippen molar-refractivity contribution >= 4 is 6.08 Å². The van der Waals surface area contributed by atoms with Crippen molar-refractivity contribution in [3.05, 3.63) is 0 Å². The van der Waals surface area contributed by atoms with Gasteiger partial charge in [0.05, 0.1) is 13.7 Å². The molecule has 3 nitrogen and oxygen atoms in total. The zero-order valence-corrected chi connectivity index (χ0v) is 5.47. The summed E-state index contributed by atoms with van der Waals surface area (Å²) in [5.41, 5.74) is 0. The van der Waals surface area contributed by atoms with Gasteiger partial charge < -0.3 is 9.47 Å². The number of hydrogen-bond acceptors (Lipinski definition) is 3. The van der Waals surface area contributed by atoms with E-state index in [1.807, 2.05) is 6.92 Å². The third kappa shape index (κ3) is 2.44. The van der Waals surface area contributed by atoms with Gasteiger partial charge in [0.2, 0.25) is 0 Å². The van der Waals surface area contributed by atoms with Crippen molar-refractivity contribution in [1.29, 1.82) is 0 Å². The molecule has 0 aromatic rings. The van der Waals surface area contributed by atoms with Gasteiger partial charge in [0.1, 0.15) is 0 Å². The molecule has 0 aliphatic heterocycles. The summed E-state index contributed by atoms with van der Waals surface area (Å²) in [5, 5.41) is 0. The third-order valence-electron chi connectivity index (χ3n) is 0.625. The van der Waals surface area contributed by atoms with E-state index < -0.39 is 0 Å². The average Bonchev–Trinajstić information content (AvgIpc) is 1.83. The predicted molar refractivity (Wildman–Crippen MR) is 32.0 cm³/mol. The van der Waals surface area contributed by atoms with E-state index >= 15 is 0 Å². The minimum atomic E-state index is 0.340. The number of nitrogens with zero attached hydrogens (tertiary/aromatic N) is 1. The highest BCUT2D eigenvalue weighted by molar-refractivity contribution is 5.66. The molecule has 0 aliphatic carbocycles. The minimum absolute atomic E-state index is 0.340. The highest BCUT2D eigenvalue weighted by Crippen LogP contribution is 1.79. The zero-order valence-electron chi connectivity index (χ0n) is 5.47. The normalized spacial score (nSPS) is 11.1. The Balaban J connectivity index is 3.38. The molecule has 0 atom stereocenters. The largest absolute Gasteiger partial charge is 0.454 e. The summed E-state index contributed by atoms with van der Waals surface area (Å²) in [6.45, 7) is 2.48. The Kier molecular flexibility index (Phi) is 4.03. The number of aliphatic imine (C=N–C) groups is 1. The molecule has 0 saturated heterocycles. The van der Waals surface area contributed by atoms with Gasteiger partial charge in [-0.3, -0.25) is 0 Å². The van der Waals surface area contributed by atoms with Gasteiger partial charge in [-0.2, -0.15) is 0 Å². The fraction of sp³-hybridized carbons (Fsp3) is 0.800. The number of ether oxygens (including phenoxy) is 2. The smallest absolute Gasteiger partial charge is 0.382 e. The van der Waals surface area contributed by atoms with Crippen molar-refractivity contribution in [3.63, 3.8) is 0 Å². The molecule has 0 aromatic heterocycles. The summed E-state index contributed by atoms with van der Waals surface area (Å²) >= 11 is 0. The molecule has 0 N–H and O–H groups in total. The van der Waals surface area contributed by atoms with Crippen molar-refractivity contribution in [2.24, 2.45) is 4.99 Å². The first-order valence-electron chi connectivity index (χ1n) is 2.48. The fourth-order valence-electron chi connectivity index (χ4n) is 0.338. The maximum atomic E-state index is 4.87. The predicted octanol–water partition coefficient (Wildman–Crippen LogP) is 0.655. The minimum Gasteiger partial charge on any atom is -0.454 e. The Bertz CT molecular complexity index is 80.5. The van der Waals surface area contributed by atoms with Crippen molar-refractivity contribution in [1.82, 2.24) is 0 Å². The number of methoxy groups -OCH3 is 1. The van der Waals surface area contributed by atoms with E-state index in [2.05, 4.69) is 9.73 Å². The van der Waals surface area contributed by atoms with Crippen LogP contribution in [0.1, 0.15) is 6.92 Å². The van der Waals surface area contributed by atoms with Gasteiger partial charge in [0.25, 0.3) is 0 Å². The highest BCUT2D eigenvalue weighted by atomic mass is 16.7. The topological polar surface area (TPSA) is 30.8 Å². The Morgan fingerprint density at radius 1 is 1.62 bits per heavy atom. The molecule has 0 fully saturated rings. The molecule has 0 aromatic carbocycles. The van der Waals surface area contributed by atoms with Crippen LogP contribution < -0.4 is 0 Å². The second-order valence-electron chi connectivity index (χ2n) is 1.13. The Morgan fingerprint density at radius 3 is 2.38 bits per heavy atom. The molecule has 0 spiro atoms. The van der Waals surface area contributed by atoms with Crippen LogP contribution in [-0.2, 0) is 9.47 Å². The monoisotopic (exact) mass is 117 g/mol. The van der Waals surface area contributed by atoms with Gasteiger partial charge in [0.15, 0.2) is 0 Å². The van der Waals surface area contributed by atoms with E-state index in [1.54, 1.807) is 7.05 Å². The van der Waals surface area contributed by atoms with Crippen LogP contribution >= 0.6 is 0 Å². The summed E-state index contributed by atoms with van der Waals surface area (Å²) in [4.78, 5) is 3.67. The van der Waals surface area contributed by atoms with Crippen molar-refractivity contribution in [2.75, 3.05) is 20.8 Å². The molecule has 48 valence electrons. The Morgan fingerprint density at radius 2 is 2.25 bits per heavy atom. The second kappa shape index (κ2) is 4.43. The van der Waals surface area contributed by atoms with Gasteiger partial charge in [-0.25, -0.2) is 4.99 Å². The van der Waals surface area contributed by atoms with Gasteiger partial charge in [-0.1, -0.05) is 0 Å². The summed E-state index contributed by atoms with van der Waals surface area (Å²) in [5.74, 6) is 0. The SMILES string of the molecule is CCOC(=NC)OC. The quantitative estimate of drug-likeness (QED) is 0.373. The maximum absolute atomic E-state index is 4.87. The van der Waals surface area contributed by atoms with E-state index in [4.69, 9.17) is 4.74 Å².